The van der Waals surface area contributed by atoms with Crippen LogP contribution in [0.5, 0.6) is 5.75 Å². The van der Waals surface area contributed by atoms with Crippen molar-refractivity contribution in [3.63, 3.8) is 0 Å². The summed E-state index contributed by atoms with van der Waals surface area (Å²) < 4.78 is 5.63. The number of fused-ring (bicyclic) bond motifs is 2. The molecule has 0 unspecified atom stereocenters. The van der Waals surface area contributed by atoms with Crippen molar-refractivity contribution < 1.29 is 9.53 Å². The van der Waals surface area contributed by atoms with E-state index in [1.165, 1.54) is 5.56 Å². The van der Waals surface area contributed by atoms with Gasteiger partial charge in [0.15, 0.2) is 0 Å². The van der Waals surface area contributed by atoms with Crippen molar-refractivity contribution in [2.24, 2.45) is 4.99 Å². The molecule has 0 aromatic heterocycles. The second-order valence-electron chi connectivity index (χ2n) is 6.33. The highest BCUT2D eigenvalue weighted by atomic mass is 16.5. The van der Waals surface area contributed by atoms with Crippen LogP contribution in [0.4, 0.5) is 5.69 Å². The number of hydrogen-bond donors (Lipinski definition) is 1. The van der Waals surface area contributed by atoms with Crippen LogP contribution in [0.3, 0.4) is 0 Å². The van der Waals surface area contributed by atoms with E-state index in [0.29, 0.717) is 12.1 Å². The Kier molecular flexibility index (Phi) is 4.34. The maximum atomic E-state index is 12.5. The third-order valence-electron chi connectivity index (χ3n) is 4.54. The number of nitrogens with zero attached hydrogens (tertiary/aromatic N) is 1. The number of allylic oxidation sites excluding steroid dienone is 2. The van der Waals surface area contributed by atoms with Crippen LogP contribution >= 0.6 is 0 Å². The maximum Gasteiger partial charge on any atom is 0.251 e. The van der Waals surface area contributed by atoms with Crippen LogP contribution < -0.4 is 10.1 Å². The van der Waals surface area contributed by atoms with E-state index in [-0.39, 0.29) is 5.91 Å². The van der Waals surface area contributed by atoms with Crippen molar-refractivity contribution in [2.45, 2.75) is 25.8 Å². The van der Waals surface area contributed by atoms with Gasteiger partial charge in [0.2, 0.25) is 0 Å². The molecule has 0 saturated heterocycles. The van der Waals surface area contributed by atoms with E-state index in [2.05, 4.69) is 16.4 Å². The van der Waals surface area contributed by atoms with Crippen LogP contribution in [0.1, 0.15) is 33.5 Å². The fourth-order valence-electron chi connectivity index (χ4n) is 3.20. The second kappa shape index (κ2) is 6.93. The summed E-state index contributed by atoms with van der Waals surface area (Å²) in [5, 5.41) is 3.01. The molecule has 25 heavy (non-hydrogen) atoms. The molecule has 4 heteroatoms. The van der Waals surface area contributed by atoms with Crippen molar-refractivity contribution in [3.8, 4) is 5.75 Å². The Morgan fingerprint density at radius 2 is 2.12 bits per heavy atom. The summed E-state index contributed by atoms with van der Waals surface area (Å²) in [6.07, 6.45) is 8.64. The predicted octanol–water partition coefficient (Wildman–Crippen LogP) is 3.76. The molecular weight excluding hydrogens is 312 g/mol. The highest BCUT2D eigenvalue weighted by Gasteiger charge is 2.12. The zero-order valence-electron chi connectivity index (χ0n) is 14.0. The van der Waals surface area contributed by atoms with Crippen molar-refractivity contribution in [3.05, 3.63) is 70.8 Å². The third kappa shape index (κ3) is 3.48. The number of carbonyl (C=O) groups is 1. The summed E-state index contributed by atoms with van der Waals surface area (Å²) in [6, 6.07) is 11.8. The van der Waals surface area contributed by atoms with Gasteiger partial charge in [-0.05, 0) is 66.3 Å². The standard InChI is InChI=1S/C21H20N2O2/c24-21(18-7-8-19-16(13-18)4-1-2-10-22-19)23-14-15-6-9-20-17(12-15)5-3-11-25-20/h1-2,6-10,12-13H,3-5,11,14H2,(H,23,24). The molecule has 0 spiro atoms. The Morgan fingerprint density at radius 3 is 3.08 bits per heavy atom. The molecule has 0 aliphatic carbocycles. The largest absolute Gasteiger partial charge is 0.493 e. The van der Waals surface area contributed by atoms with E-state index in [1.54, 1.807) is 6.21 Å². The van der Waals surface area contributed by atoms with Gasteiger partial charge in [0.1, 0.15) is 5.75 Å². The quantitative estimate of drug-likeness (QED) is 0.930. The molecule has 0 radical (unpaired) electrons. The first-order valence-electron chi connectivity index (χ1n) is 8.64. The average Bonchev–Trinajstić information content (AvgIpc) is 2.90. The zero-order valence-corrected chi connectivity index (χ0v) is 14.0. The van der Waals surface area contributed by atoms with Gasteiger partial charge in [-0.3, -0.25) is 9.79 Å². The van der Waals surface area contributed by atoms with Crippen LogP contribution in [0.15, 0.2) is 53.5 Å². The van der Waals surface area contributed by atoms with Gasteiger partial charge in [0.25, 0.3) is 5.91 Å². The fraction of sp³-hybridized carbons (Fsp3) is 0.238. The molecular formula is C21H20N2O2. The SMILES string of the molecule is O=C(NCc1ccc2c(c1)CCCO2)c1ccc2c(c1)CC=CC=N2. The molecule has 1 amide bonds. The molecule has 2 aromatic rings. The minimum Gasteiger partial charge on any atom is -0.493 e. The Morgan fingerprint density at radius 1 is 1.16 bits per heavy atom. The van der Waals surface area contributed by atoms with Gasteiger partial charge in [0.05, 0.1) is 12.3 Å². The Bertz CT molecular complexity index is 868. The minimum absolute atomic E-state index is 0.0611. The number of amides is 1. The molecule has 2 aromatic carbocycles. The van der Waals surface area contributed by atoms with E-state index < -0.39 is 0 Å². The topological polar surface area (TPSA) is 50.7 Å². The van der Waals surface area contributed by atoms with Gasteiger partial charge in [-0.2, -0.15) is 0 Å². The highest BCUT2D eigenvalue weighted by molar-refractivity contribution is 5.95. The zero-order chi connectivity index (χ0) is 17.1. The number of benzene rings is 2. The van der Waals surface area contributed by atoms with E-state index in [0.717, 1.165) is 48.4 Å². The number of carbonyl (C=O) groups excluding carboxylic acids is 1. The van der Waals surface area contributed by atoms with E-state index >= 15 is 0 Å². The molecule has 126 valence electrons. The number of aliphatic imine (C=N–C) groups is 1. The van der Waals surface area contributed by atoms with Crippen LogP contribution in [0.25, 0.3) is 0 Å². The molecule has 0 bridgehead atoms. The fourth-order valence-corrected chi connectivity index (χ4v) is 3.20. The van der Waals surface area contributed by atoms with Crippen molar-refractivity contribution in [1.29, 1.82) is 0 Å². The molecule has 0 saturated carbocycles. The molecule has 4 nitrogen and oxygen atoms in total. The van der Waals surface area contributed by atoms with Crippen molar-refractivity contribution in [2.75, 3.05) is 6.61 Å². The van der Waals surface area contributed by atoms with Crippen LogP contribution in [-0.2, 0) is 19.4 Å². The Hall–Kier alpha value is -2.88. The number of hydrogen-bond acceptors (Lipinski definition) is 3. The van der Waals surface area contributed by atoms with Gasteiger partial charge >= 0.3 is 0 Å². The second-order valence-corrected chi connectivity index (χ2v) is 6.33. The molecule has 0 fully saturated rings. The molecule has 2 heterocycles. The lowest BCUT2D eigenvalue weighted by Crippen LogP contribution is -2.23. The lowest BCUT2D eigenvalue weighted by Gasteiger charge is -2.18. The molecule has 1 N–H and O–H groups in total. The summed E-state index contributed by atoms with van der Waals surface area (Å²) in [5.41, 5.74) is 5.00. The van der Waals surface area contributed by atoms with Crippen molar-refractivity contribution in [1.82, 2.24) is 5.32 Å². The van der Waals surface area contributed by atoms with E-state index in [4.69, 9.17) is 4.74 Å². The Labute approximate surface area is 147 Å². The Balaban J connectivity index is 1.45. The summed E-state index contributed by atoms with van der Waals surface area (Å²) in [4.78, 5) is 16.9. The highest BCUT2D eigenvalue weighted by Crippen LogP contribution is 2.26. The van der Waals surface area contributed by atoms with Crippen LogP contribution in [0.2, 0.25) is 0 Å². The van der Waals surface area contributed by atoms with Gasteiger partial charge in [0, 0.05) is 18.3 Å². The maximum absolute atomic E-state index is 12.5. The van der Waals surface area contributed by atoms with Crippen LogP contribution in [-0.4, -0.2) is 18.7 Å². The summed E-state index contributed by atoms with van der Waals surface area (Å²) in [7, 11) is 0. The number of nitrogens with one attached hydrogen (secondary N) is 1. The van der Waals surface area contributed by atoms with Gasteiger partial charge in [-0.15, -0.1) is 0 Å². The first-order valence-corrected chi connectivity index (χ1v) is 8.64. The molecule has 0 atom stereocenters. The van der Waals surface area contributed by atoms with E-state index in [1.807, 2.05) is 42.5 Å². The number of aryl methyl sites for hydroxylation is 1. The minimum atomic E-state index is -0.0611. The van der Waals surface area contributed by atoms with Gasteiger partial charge in [-0.25, -0.2) is 0 Å². The number of ether oxygens (including phenoxy) is 1. The van der Waals surface area contributed by atoms with Gasteiger partial charge < -0.3 is 10.1 Å². The normalized spacial score (nSPS) is 14.9. The third-order valence-corrected chi connectivity index (χ3v) is 4.54. The molecule has 2 aliphatic heterocycles. The lowest BCUT2D eigenvalue weighted by molar-refractivity contribution is 0.0951. The predicted molar refractivity (Wildman–Crippen MR) is 98.9 cm³/mol. The molecule has 2 aliphatic rings. The first kappa shape index (κ1) is 15.6. The van der Waals surface area contributed by atoms with Gasteiger partial charge in [-0.1, -0.05) is 18.2 Å². The lowest BCUT2D eigenvalue weighted by atomic mass is 10.0. The van der Waals surface area contributed by atoms with Crippen LogP contribution in [0, 0.1) is 0 Å². The van der Waals surface area contributed by atoms with Crippen molar-refractivity contribution >= 4 is 17.8 Å². The monoisotopic (exact) mass is 332 g/mol. The smallest absolute Gasteiger partial charge is 0.251 e. The summed E-state index contributed by atoms with van der Waals surface area (Å²) >= 11 is 0. The van der Waals surface area contributed by atoms with E-state index in [9.17, 15) is 4.79 Å². The first-order chi connectivity index (χ1) is 12.3. The average molecular weight is 332 g/mol. The number of rotatable bonds is 3. The molecule has 4 rings (SSSR count). The summed E-state index contributed by atoms with van der Waals surface area (Å²) in [5.74, 6) is 0.912. The summed E-state index contributed by atoms with van der Waals surface area (Å²) in [6.45, 7) is 1.31.